The van der Waals surface area contributed by atoms with Crippen molar-refractivity contribution < 1.29 is 17.9 Å². The second kappa shape index (κ2) is 6.76. The van der Waals surface area contributed by atoms with Crippen LogP contribution in [0.1, 0.15) is 22.8 Å². The normalized spacial score (nSPS) is 11.1. The quantitative estimate of drug-likeness (QED) is 0.863. The SMILES string of the molecule is CCOc1ncccc1NC(=O)c1cc(S(N)(=O)=O)ccc1C. The number of sulfonamides is 1. The Bertz CT molecular complexity index is 834. The molecule has 1 aromatic heterocycles. The Hall–Kier alpha value is -2.45. The molecule has 122 valence electrons. The van der Waals surface area contributed by atoms with Crippen molar-refractivity contribution in [2.24, 2.45) is 5.14 Å². The first-order valence-electron chi connectivity index (χ1n) is 6.85. The Morgan fingerprint density at radius 2 is 2.09 bits per heavy atom. The molecule has 0 unspecified atom stereocenters. The molecule has 0 aliphatic rings. The highest BCUT2D eigenvalue weighted by Crippen LogP contribution is 2.22. The fourth-order valence-electron chi connectivity index (χ4n) is 1.95. The van der Waals surface area contributed by atoms with Gasteiger partial charge in [0.2, 0.25) is 15.9 Å². The van der Waals surface area contributed by atoms with Crippen molar-refractivity contribution in [3.8, 4) is 5.88 Å². The van der Waals surface area contributed by atoms with Crippen molar-refractivity contribution in [2.45, 2.75) is 18.7 Å². The highest BCUT2D eigenvalue weighted by molar-refractivity contribution is 7.89. The third kappa shape index (κ3) is 4.05. The summed E-state index contributed by atoms with van der Waals surface area (Å²) in [7, 11) is -3.88. The van der Waals surface area contributed by atoms with Crippen LogP contribution in [0.5, 0.6) is 5.88 Å². The second-order valence-electron chi connectivity index (χ2n) is 4.76. The van der Waals surface area contributed by atoms with Crippen LogP contribution < -0.4 is 15.2 Å². The number of rotatable bonds is 5. The number of pyridine rings is 1. The van der Waals surface area contributed by atoms with Gasteiger partial charge in [0.05, 0.1) is 11.5 Å². The number of carbonyl (C=O) groups is 1. The van der Waals surface area contributed by atoms with E-state index in [1.54, 1.807) is 32.2 Å². The van der Waals surface area contributed by atoms with E-state index < -0.39 is 15.9 Å². The number of hydrogen-bond acceptors (Lipinski definition) is 5. The summed E-state index contributed by atoms with van der Waals surface area (Å²) in [5.74, 6) is -0.175. The largest absolute Gasteiger partial charge is 0.476 e. The van der Waals surface area contributed by atoms with Gasteiger partial charge in [-0.25, -0.2) is 18.5 Å². The fourth-order valence-corrected chi connectivity index (χ4v) is 2.49. The van der Waals surface area contributed by atoms with E-state index in [9.17, 15) is 13.2 Å². The highest BCUT2D eigenvalue weighted by atomic mass is 32.2. The number of ether oxygens (including phenoxy) is 1. The minimum absolute atomic E-state index is 0.121. The Labute approximate surface area is 134 Å². The zero-order chi connectivity index (χ0) is 17.0. The number of primary sulfonamides is 1. The highest BCUT2D eigenvalue weighted by Gasteiger charge is 2.16. The number of nitrogens with zero attached hydrogens (tertiary/aromatic N) is 1. The van der Waals surface area contributed by atoms with Crippen molar-refractivity contribution in [1.29, 1.82) is 0 Å². The average molecular weight is 335 g/mol. The number of carbonyl (C=O) groups excluding carboxylic acids is 1. The Morgan fingerprint density at radius 1 is 1.35 bits per heavy atom. The lowest BCUT2D eigenvalue weighted by atomic mass is 10.1. The molecule has 1 aromatic carbocycles. The van der Waals surface area contributed by atoms with Crippen LogP contribution in [0.4, 0.5) is 5.69 Å². The topological polar surface area (TPSA) is 111 Å². The first-order chi connectivity index (χ1) is 10.8. The molecule has 1 amide bonds. The predicted octanol–water partition coefficient (Wildman–Crippen LogP) is 1.69. The molecule has 0 saturated carbocycles. The molecule has 0 radical (unpaired) electrons. The number of anilines is 1. The van der Waals surface area contributed by atoms with Gasteiger partial charge in [-0.15, -0.1) is 0 Å². The summed E-state index contributed by atoms with van der Waals surface area (Å²) >= 11 is 0. The van der Waals surface area contributed by atoms with E-state index in [1.807, 2.05) is 0 Å². The Kier molecular flexibility index (Phi) is 4.97. The lowest BCUT2D eigenvalue weighted by Crippen LogP contribution is -2.17. The van der Waals surface area contributed by atoms with Crippen LogP contribution in [0, 0.1) is 6.92 Å². The molecular formula is C15H17N3O4S. The summed E-state index contributed by atoms with van der Waals surface area (Å²) in [5, 5.41) is 7.77. The van der Waals surface area contributed by atoms with Gasteiger partial charge in [0.15, 0.2) is 0 Å². The van der Waals surface area contributed by atoms with Crippen molar-refractivity contribution in [2.75, 3.05) is 11.9 Å². The monoisotopic (exact) mass is 335 g/mol. The molecular weight excluding hydrogens is 318 g/mol. The predicted molar refractivity (Wildman–Crippen MR) is 85.9 cm³/mol. The summed E-state index contributed by atoms with van der Waals surface area (Å²) in [6, 6.07) is 7.44. The molecule has 0 saturated heterocycles. The van der Waals surface area contributed by atoms with E-state index in [4.69, 9.17) is 9.88 Å². The van der Waals surface area contributed by atoms with Crippen molar-refractivity contribution in [3.05, 3.63) is 47.7 Å². The molecule has 3 N–H and O–H groups in total. The Morgan fingerprint density at radius 3 is 2.74 bits per heavy atom. The van der Waals surface area contributed by atoms with Gasteiger partial charge in [-0.1, -0.05) is 6.07 Å². The number of aryl methyl sites for hydroxylation is 1. The summed E-state index contributed by atoms with van der Waals surface area (Å²) in [6.07, 6.45) is 1.55. The van der Waals surface area contributed by atoms with Crippen LogP contribution in [0.3, 0.4) is 0 Å². The first kappa shape index (κ1) is 16.9. The molecule has 23 heavy (non-hydrogen) atoms. The van der Waals surface area contributed by atoms with Crippen LogP contribution in [0.25, 0.3) is 0 Å². The van der Waals surface area contributed by atoms with Crippen LogP contribution in [0.15, 0.2) is 41.4 Å². The van der Waals surface area contributed by atoms with Gasteiger partial charge >= 0.3 is 0 Å². The van der Waals surface area contributed by atoms with E-state index in [2.05, 4.69) is 10.3 Å². The zero-order valence-electron chi connectivity index (χ0n) is 12.7. The molecule has 2 rings (SSSR count). The van der Waals surface area contributed by atoms with Crippen molar-refractivity contribution in [3.63, 3.8) is 0 Å². The molecule has 1 heterocycles. The lowest BCUT2D eigenvalue weighted by Gasteiger charge is -2.12. The van der Waals surface area contributed by atoms with Gasteiger partial charge in [-0.3, -0.25) is 4.79 Å². The third-order valence-corrected chi connectivity index (χ3v) is 3.99. The average Bonchev–Trinajstić information content (AvgIpc) is 2.48. The minimum Gasteiger partial charge on any atom is -0.476 e. The van der Waals surface area contributed by atoms with Crippen molar-refractivity contribution >= 4 is 21.6 Å². The van der Waals surface area contributed by atoms with Gasteiger partial charge < -0.3 is 10.1 Å². The van der Waals surface area contributed by atoms with Crippen LogP contribution in [-0.4, -0.2) is 25.9 Å². The van der Waals surface area contributed by atoms with Gasteiger partial charge in [-0.2, -0.15) is 0 Å². The number of benzene rings is 1. The zero-order valence-corrected chi connectivity index (χ0v) is 13.6. The number of aromatic nitrogens is 1. The van der Waals surface area contributed by atoms with E-state index in [-0.39, 0.29) is 10.5 Å². The standard InChI is InChI=1S/C15H17N3O4S/c1-3-22-15-13(5-4-8-17-15)18-14(19)12-9-11(23(16,20)21)7-6-10(12)2/h4-9H,3H2,1-2H3,(H,18,19)(H2,16,20,21). The van der Waals surface area contributed by atoms with Crippen LogP contribution >= 0.6 is 0 Å². The van der Waals surface area contributed by atoms with E-state index >= 15 is 0 Å². The molecule has 0 aliphatic heterocycles. The second-order valence-corrected chi connectivity index (χ2v) is 6.33. The number of nitrogens with two attached hydrogens (primary N) is 1. The summed E-state index contributed by atoms with van der Waals surface area (Å²) < 4.78 is 28.2. The Balaban J connectivity index is 2.35. The number of nitrogens with one attached hydrogen (secondary N) is 1. The molecule has 7 nitrogen and oxygen atoms in total. The minimum atomic E-state index is -3.88. The third-order valence-electron chi connectivity index (χ3n) is 3.08. The number of hydrogen-bond donors (Lipinski definition) is 2. The van der Waals surface area contributed by atoms with Gasteiger partial charge in [0.25, 0.3) is 5.91 Å². The fraction of sp³-hybridized carbons (Fsp3) is 0.200. The van der Waals surface area contributed by atoms with Gasteiger partial charge in [-0.05, 0) is 43.7 Å². The molecule has 0 atom stereocenters. The molecule has 0 bridgehead atoms. The lowest BCUT2D eigenvalue weighted by molar-refractivity contribution is 0.102. The molecule has 0 fully saturated rings. The summed E-state index contributed by atoms with van der Waals surface area (Å²) in [4.78, 5) is 16.4. The first-order valence-corrected chi connectivity index (χ1v) is 8.40. The number of amides is 1. The summed E-state index contributed by atoms with van der Waals surface area (Å²) in [6.45, 7) is 3.91. The van der Waals surface area contributed by atoms with E-state index in [0.29, 0.717) is 23.7 Å². The smallest absolute Gasteiger partial charge is 0.256 e. The molecule has 0 spiro atoms. The summed E-state index contributed by atoms with van der Waals surface area (Å²) in [5.41, 5.74) is 1.24. The maximum absolute atomic E-state index is 12.4. The van der Waals surface area contributed by atoms with E-state index in [0.717, 1.165) is 0 Å². The molecule has 8 heteroatoms. The maximum Gasteiger partial charge on any atom is 0.256 e. The van der Waals surface area contributed by atoms with E-state index in [1.165, 1.54) is 18.2 Å². The van der Waals surface area contributed by atoms with Gasteiger partial charge in [0.1, 0.15) is 5.69 Å². The van der Waals surface area contributed by atoms with Crippen LogP contribution in [0.2, 0.25) is 0 Å². The van der Waals surface area contributed by atoms with Crippen molar-refractivity contribution in [1.82, 2.24) is 4.98 Å². The van der Waals surface area contributed by atoms with Crippen LogP contribution in [-0.2, 0) is 10.0 Å². The molecule has 2 aromatic rings. The maximum atomic E-state index is 12.4. The molecule has 0 aliphatic carbocycles. The van der Waals surface area contributed by atoms with Gasteiger partial charge in [0, 0.05) is 11.8 Å².